The molecule has 0 bridgehead atoms. The van der Waals surface area contributed by atoms with Gasteiger partial charge in [0.1, 0.15) is 0 Å². The van der Waals surface area contributed by atoms with E-state index in [-0.39, 0.29) is 5.54 Å². The van der Waals surface area contributed by atoms with Gasteiger partial charge in [0.2, 0.25) is 0 Å². The lowest BCUT2D eigenvalue weighted by Gasteiger charge is -2.34. The SMILES string of the molecule is COCCC(C)N1CCCNC(C)(C)C1. The van der Waals surface area contributed by atoms with Crippen molar-refractivity contribution >= 4 is 0 Å². The summed E-state index contributed by atoms with van der Waals surface area (Å²) < 4.78 is 5.14. The zero-order valence-electron chi connectivity index (χ0n) is 10.7. The van der Waals surface area contributed by atoms with Crippen molar-refractivity contribution in [2.45, 2.75) is 45.2 Å². The Kier molecular flexibility index (Phi) is 5.03. The van der Waals surface area contributed by atoms with Gasteiger partial charge in [-0.25, -0.2) is 0 Å². The number of ether oxygens (including phenoxy) is 1. The molecular weight excluding hydrogens is 188 g/mol. The van der Waals surface area contributed by atoms with Crippen LogP contribution in [0, 0.1) is 0 Å². The lowest BCUT2D eigenvalue weighted by molar-refractivity contribution is 0.127. The van der Waals surface area contributed by atoms with E-state index in [1.807, 2.05) is 0 Å². The van der Waals surface area contributed by atoms with Gasteiger partial charge >= 0.3 is 0 Å². The Morgan fingerprint density at radius 3 is 2.87 bits per heavy atom. The monoisotopic (exact) mass is 214 g/mol. The highest BCUT2D eigenvalue weighted by molar-refractivity contribution is 4.86. The Morgan fingerprint density at radius 1 is 1.47 bits per heavy atom. The summed E-state index contributed by atoms with van der Waals surface area (Å²) in [6, 6.07) is 0.629. The van der Waals surface area contributed by atoms with Crippen LogP contribution in [-0.2, 0) is 4.74 Å². The van der Waals surface area contributed by atoms with E-state index >= 15 is 0 Å². The number of nitrogens with one attached hydrogen (secondary N) is 1. The van der Waals surface area contributed by atoms with Gasteiger partial charge in [0, 0.05) is 31.8 Å². The molecule has 1 aliphatic heterocycles. The second kappa shape index (κ2) is 5.83. The molecule has 1 rings (SSSR count). The summed E-state index contributed by atoms with van der Waals surface area (Å²) in [5.41, 5.74) is 0.248. The fourth-order valence-electron chi connectivity index (χ4n) is 2.20. The van der Waals surface area contributed by atoms with Crippen LogP contribution in [0.25, 0.3) is 0 Å². The molecule has 1 fully saturated rings. The highest BCUT2D eigenvalue weighted by Crippen LogP contribution is 2.14. The number of nitrogens with zero attached hydrogens (tertiary/aromatic N) is 1. The molecule has 1 aliphatic rings. The van der Waals surface area contributed by atoms with Crippen LogP contribution in [0.4, 0.5) is 0 Å². The Balaban J connectivity index is 2.44. The maximum absolute atomic E-state index is 5.14. The normalized spacial score (nSPS) is 24.8. The fraction of sp³-hybridized carbons (Fsp3) is 1.00. The first kappa shape index (κ1) is 12.9. The molecule has 15 heavy (non-hydrogen) atoms. The number of rotatable bonds is 4. The number of hydrogen-bond acceptors (Lipinski definition) is 3. The van der Waals surface area contributed by atoms with Crippen LogP contribution in [0.3, 0.4) is 0 Å². The molecule has 0 aromatic heterocycles. The minimum atomic E-state index is 0.248. The third-order valence-corrected chi connectivity index (χ3v) is 3.19. The lowest BCUT2D eigenvalue weighted by atomic mass is 10.0. The van der Waals surface area contributed by atoms with Gasteiger partial charge < -0.3 is 10.1 Å². The van der Waals surface area contributed by atoms with E-state index < -0.39 is 0 Å². The molecule has 0 saturated carbocycles. The van der Waals surface area contributed by atoms with Gasteiger partial charge in [-0.15, -0.1) is 0 Å². The predicted molar refractivity (Wildman–Crippen MR) is 64.2 cm³/mol. The molecule has 0 aliphatic carbocycles. The third-order valence-electron chi connectivity index (χ3n) is 3.19. The van der Waals surface area contributed by atoms with Crippen molar-refractivity contribution in [2.24, 2.45) is 0 Å². The van der Waals surface area contributed by atoms with Crippen molar-refractivity contribution in [2.75, 3.05) is 33.4 Å². The molecule has 1 N–H and O–H groups in total. The van der Waals surface area contributed by atoms with E-state index in [0.29, 0.717) is 6.04 Å². The zero-order valence-corrected chi connectivity index (χ0v) is 10.7. The van der Waals surface area contributed by atoms with Crippen LogP contribution in [0.2, 0.25) is 0 Å². The van der Waals surface area contributed by atoms with Crippen molar-refractivity contribution in [3.05, 3.63) is 0 Å². The van der Waals surface area contributed by atoms with Gasteiger partial charge in [-0.2, -0.15) is 0 Å². The van der Waals surface area contributed by atoms with Crippen LogP contribution in [0.15, 0.2) is 0 Å². The molecule has 1 unspecified atom stereocenters. The molecule has 3 nitrogen and oxygen atoms in total. The maximum Gasteiger partial charge on any atom is 0.0477 e. The maximum atomic E-state index is 5.14. The highest BCUT2D eigenvalue weighted by Gasteiger charge is 2.26. The predicted octanol–water partition coefficient (Wildman–Crippen LogP) is 1.49. The highest BCUT2D eigenvalue weighted by atomic mass is 16.5. The summed E-state index contributed by atoms with van der Waals surface area (Å²) in [6.07, 6.45) is 2.38. The average molecular weight is 214 g/mol. The smallest absolute Gasteiger partial charge is 0.0477 e. The van der Waals surface area contributed by atoms with Gasteiger partial charge in [-0.3, -0.25) is 4.90 Å². The molecule has 3 heteroatoms. The summed E-state index contributed by atoms with van der Waals surface area (Å²) in [6.45, 7) is 11.2. The zero-order chi connectivity index (χ0) is 11.3. The summed E-state index contributed by atoms with van der Waals surface area (Å²) in [5, 5.41) is 3.59. The van der Waals surface area contributed by atoms with E-state index in [1.165, 1.54) is 13.0 Å². The Morgan fingerprint density at radius 2 is 2.20 bits per heavy atom. The molecule has 1 saturated heterocycles. The van der Waals surface area contributed by atoms with E-state index in [2.05, 4.69) is 31.0 Å². The van der Waals surface area contributed by atoms with Crippen LogP contribution < -0.4 is 5.32 Å². The molecular formula is C12H26N2O. The van der Waals surface area contributed by atoms with Gasteiger partial charge in [-0.1, -0.05) is 0 Å². The Hall–Kier alpha value is -0.120. The van der Waals surface area contributed by atoms with E-state index in [0.717, 1.165) is 26.1 Å². The van der Waals surface area contributed by atoms with E-state index in [4.69, 9.17) is 4.74 Å². The average Bonchev–Trinajstić information content (AvgIpc) is 2.35. The Labute approximate surface area is 94.2 Å². The second-order valence-electron chi connectivity index (χ2n) is 5.27. The fourth-order valence-corrected chi connectivity index (χ4v) is 2.20. The Bertz CT molecular complexity index is 182. The standard InChI is InChI=1S/C12H26N2O/c1-11(6-9-15-4)14-8-5-7-13-12(2,3)10-14/h11,13H,5-10H2,1-4H3. The van der Waals surface area contributed by atoms with Crippen LogP contribution >= 0.6 is 0 Å². The van der Waals surface area contributed by atoms with Gasteiger partial charge in [0.25, 0.3) is 0 Å². The van der Waals surface area contributed by atoms with Gasteiger partial charge in [0.05, 0.1) is 0 Å². The molecule has 0 aromatic carbocycles. The van der Waals surface area contributed by atoms with Gasteiger partial charge in [0.15, 0.2) is 0 Å². The molecule has 0 aromatic rings. The van der Waals surface area contributed by atoms with Crippen molar-refractivity contribution in [1.29, 1.82) is 0 Å². The van der Waals surface area contributed by atoms with Crippen molar-refractivity contribution in [3.8, 4) is 0 Å². The summed E-state index contributed by atoms with van der Waals surface area (Å²) in [7, 11) is 1.78. The van der Waals surface area contributed by atoms with Crippen LogP contribution in [0.5, 0.6) is 0 Å². The number of methoxy groups -OCH3 is 1. The van der Waals surface area contributed by atoms with Crippen LogP contribution in [-0.4, -0.2) is 49.8 Å². The topological polar surface area (TPSA) is 24.5 Å². The minimum absolute atomic E-state index is 0.248. The first-order valence-electron chi connectivity index (χ1n) is 6.03. The van der Waals surface area contributed by atoms with Crippen molar-refractivity contribution in [3.63, 3.8) is 0 Å². The lowest BCUT2D eigenvalue weighted by Crippen LogP contribution is -2.48. The van der Waals surface area contributed by atoms with E-state index in [9.17, 15) is 0 Å². The molecule has 0 radical (unpaired) electrons. The molecule has 90 valence electrons. The molecule has 0 amide bonds. The summed E-state index contributed by atoms with van der Waals surface area (Å²) >= 11 is 0. The van der Waals surface area contributed by atoms with Gasteiger partial charge in [-0.05, 0) is 46.7 Å². The van der Waals surface area contributed by atoms with Crippen LogP contribution in [0.1, 0.15) is 33.6 Å². The third kappa shape index (κ3) is 4.49. The molecule has 0 spiro atoms. The van der Waals surface area contributed by atoms with Crippen molar-refractivity contribution in [1.82, 2.24) is 10.2 Å². The van der Waals surface area contributed by atoms with Crippen molar-refractivity contribution < 1.29 is 4.74 Å². The first-order chi connectivity index (χ1) is 7.05. The molecule has 1 heterocycles. The number of hydrogen-bond donors (Lipinski definition) is 1. The summed E-state index contributed by atoms with van der Waals surface area (Å²) in [4.78, 5) is 2.58. The largest absolute Gasteiger partial charge is 0.385 e. The molecule has 1 atom stereocenters. The first-order valence-corrected chi connectivity index (χ1v) is 6.03. The summed E-state index contributed by atoms with van der Waals surface area (Å²) in [5.74, 6) is 0. The second-order valence-corrected chi connectivity index (χ2v) is 5.27. The minimum Gasteiger partial charge on any atom is -0.385 e. The van der Waals surface area contributed by atoms with E-state index in [1.54, 1.807) is 7.11 Å². The quantitative estimate of drug-likeness (QED) is 0.767.